The number of rotatable bonds is 1. The third kappa shape index (κ3) is 1.21. The van der Waals surface area contributed by atoms with Crippen LogP contribution in [0.25, 0.3) is 11.0 Å². The number of hydrogen-bond donors (Lipinski definition) is 1. The van der Waals surface area contributed by atoms with Crippen molar-refractivity contribution in [1.29, 1.82) is 0 Å². The van der Waals surface area contributed by atoms with Crippen molar-refractivity contribution < 1.29 is 9.15 Å². The molecule has 1 heterocycles. The molecule has 0 radical (unpaired) electrons. The van der Waals surface area contributed by atoms with E-state index < -0.39 is 5.63 Å². The second-order valence-corrected chi connectivity index (χ2v) is 2.86. The number of anilines is 1. The molecule has 14 heavy (non-hydrogen) atoms. The van der Waals surface area contributed by atoms with Gasteiger partial charge in [-0.05, 0) is 12.1 Å². The summed E-state index contributed by atoms with van der Waals surface area (Å²) in [4.78, 5) is 11.1. The number of fused-ring (bicyclic) bond motifs is 1. The minimum absolute atomic E-state index is 0.389. The first-order valence-corrected chi connectivity index (χ1v) is 4.08. The van der Waals surface area contributed by atoms with Crippen LogP contribution in [0.5, 0.6) is 5.75 Å². The normalized spacial score (nSPS) is 10.4. The molecule has 0 spiro atoms. The quantitative estimate of drug-likeness (QED) is 0.691. The van der Waals surface area contributed by atoms with E-state index in [0.717, 1.165) is 0 Å². The van der Waals surface area contributed by atoms with Gasteiger partial charge in [0.1, 0.15) is 0 Å². The molecule has 2 N–H and O–H groups in total. The lowest BCUT2D eigenvalue weighted by Gasteiger charge is -2.04. The zero-order valence-corrected chi connectivity index (χ0v) is 7.61. The van der Waals surface area contributed by atoms with Crippen LogP contribution in [0.3, 0.4) is 0 Å². The van der Waals surface area contributed by atoms with E-state index in [1.54, 1.807) is 18.2 Å². The minimum Gasteiger partial charge on any atom is -0.493 e. The van der Waals surface area contributed by atoms with Crippen molar-refractivity contribution >= 4 is 16.7 Å². The lowest BCUT2D eigenvalue weighted by atomic mass is 10.2. The zero-order chi connectivity index (χ0) is 10.1. The third-order valence-electron chi connectivity index (χ3n) is 1.99. The first kappa shape index (κ1) is 8.62. The Morgan fingerprint density at radius 1 is 1.43 bits per heavy atom. The van der Waals surface area contributed by atoms with Gasteiger partial charge in [0, 0.05) is 17.1 Å². The monoisotopic (exact) mass is 191 g/mol. The maximum absolute atomic E-state index is 11.1. The number of nitrogen functional groups attached to an aromatic ring is 1. The molecule has 0 fully saturated rings. The van der Waals surface area contributed by atoms with Crippen LogP contribution < -0.4 is 16.1 Å². The van der Waals surface area contributed by atoms with E-state index in [2.05, 4.69) is 0 Å². The number of nitrogens with two attached hydrogens (primary N) is 1. The second kappa shape index (κ2) is 3.06. The predicted octanol–water partition coefficient (Wildman–Crippen LogP) is 1.38. The van der Waals surface area contributed by atoms with Crippen molar-refractivity contribution in [2.75, 3.05) is 12.8 Å². The highest BCUT2D eigenvalue weighted by molar-refractivity contribution is 5.91. The van der Waals surface area contributed by atoms with Gasteiger partial charge < -0.3 is 14.9 Å². The first-order chi connectivity index (χ1) is 6.72. The lowest BCUT2D eigenvalue weighted by molar-refractivity contribution is 0.407. The van der Waals surface area contributed by atoms with Crippen LogP contribution in [-0.4, -0.2) is 7.11 Å². The van der Waals surface area contributed by atoms with Gasteiger partial charge in [-0.2, -0.15) is 0 Å². The highest BCUT2D eigenvalue weighted by Gasteiger charge is 2.06. The molecule has 0 atom stereocenters. The van der Waals surface area contributed by atoms with Gasteiger partial charge in [0.25, 0.3) is 0 Å². The summed E-state index contributed by atoms with van der Waals surface area (Å²) in [7, 11) is 1.51. The van der Waals surface area contributed by atoms with Gasteiger partial charge in [0.2, 0.25) is 0 Å². The molecular formula is C10H9NO3. The fraction of sp³-hybridized carbons (Fsp3) is 0.100. The molecule has 0 aliphatic heterocycles. The molecule has 0 aliphatic carbocycles. The molecule has 0 saturated carbocycles. The molecule has 4 heteroatoms. The van der Waals surface area contributed by atoms with Crippen molar-refractivity contribution in [3.8, 4) is 5.75 Å². The molecule has 4 nitrogen and oxygen atoms in total. The summed E-state index contributed by atoms with van der Waals surface area (Å²) in [5.74, 6) is 0.506. The number of para-hydroxylation sites is 1. The van der Waals surface area contributed by atoms with E-state index in [1.165, 1.54) is 13.2 Å². The van der Waals surface area contributed by atoms with Gasteiger partial charge in [-0.25, -0.2) is 4.79 Å². The number of hydrogen-bond acceptors (Lipinski definition) is 4. The van der Waals surface area contributed by atoms with Gasteiger partial charge in [-0.3, -0.25) is 0 Å². The number of methoxy groups -OCH3 is 1. The highest BCUT2D eigenvalue weighted by Crippen LogP contribution is 2.27. The Balaban J connectivity index is 2.93. The smallest absolute Gasteiger partial charge is 0.338 e. The highest BCUT2D eigenvalue weighted by atomic mass is 16.5. The Morgan fingerprint density at radius 2 is 2.21 bits per heavy atom. The zero-order valence-electron chi connectivity index (χ0n) is 7.61. The van der Waals surface area contributed by atoms with Crippen molar-refractivity contribution in [2.24, 2.45) is 0 Å². The summed E-state index contributed by atoms with van der Waals surface area (Å²) >= 11 is 0. The average Bonchev–Trinajstić information content (AvgIpc) is 2.17. The predicted molar refractivity (Wildman–Crippen MR) is 53.4 cm³/mol. The summed E-state index contributed by atoms with van der Waals surface area (Å²) in [5.41, 5.74) is 5.98. The van der Waals surface area contributed by atoms with E-state index >= 15 is 0 Å². The summed E-state index contributed by atoms with van der Waals surface area (Å²) in [6.45, 7) is 0. The lowest BCUT2D eigenvalue weighted by Crippen LogP contribution is -2.01. The Kier molecular flexibility index (Phi) is 1.89. The van der Waals surface area contributed by atoms with E-state index in [0.29, 0.717) is 22.4 Å². The molecule has 0 aliphatic rings. The summed E-state index contributed by atoms with van der Waals surface area (Å²) in [5, 5.41) is 0.684. The fourth-order valence-corrected chi connectivity index (χ4v) is 1.34. The largest absolute Gasteiger partial charge is 0.493 e. The fourth-order valence-electron chi connectivity index (χ4n) is 1.34. The van der Waals surface area contributed by atoms with Crippen molar-refractivity contribution in [3.05, 3.63) is 34.7 Å². The molecule has 2 rings (SSSR count). The Morgan fingerprint density at radius 3 is 2.93 bits per heavy atom. The van der Waals surface area contributed by atoms with Crippen LogP contribution in [0.15, 0.2) is 33.5 Å². The first-order valence-electron chi connectivity index (χ1n) is 4.08. The van der Waals surface area contributed by atoms with Gasteiger partial charge in [0.15, 0.2) is 11.3 Å². The molecule has 72 valence electrons. The number of benzene rings is 1. The van der Waals surface area contributed by atoms with Crippen LogP contribution in [0.4, 0.5) is 5.69 Å². The van der Waals surface area contributed by atoms with Crippen LogP contribution >= 0.6 is 0 Å². The Bertz CT molecular complexity index is 530. The van der Waals surface area contributed by atoms with Crippen molar-refractivity contribution in [1.82, 2.24) is 0 Å². The van der Waals surface area contributed by atoms with Gasteiger partial charge in [-0.1, -0.05) is 6.07 Å². The number of ether oxygens (including phenoxy) is 1. The maximum atomic E-state index is 11.1. The SMILES string of the molecule is COc1cccc2c(N)cc(=O)oc12. The summed E-state index contributed by atoms with van der Waals surface area (Å²) in [6, 6.07) is 6.53. The third-order valence-corrected chi connectivity index (χ3v) is 1.99. The van der Waals surface area contributed by atoms with Gasteiger partial charge in [0.05, 0.1) is 7.11 Å². The topological polar surface area (TPSA) is 65.5 Å². The van der Waals surface area contributed by atoms with E-state index in [4.69, 9.17) is 14.9 Å². The van der Waals surface area contributed by atoms with E-state index in [-0.39, 0.29) is 0 Å². The van der Waals surface area contributed by atoms with Crippen molar-refractivity contribution in [2.45, 2.75) is 0 Å². The van der Waals surface area contributed by atoms with E-state index in [9.17, 15) is 4.79 Å². The standard InChI is InChI=1S/C10H9NO3/c1-13-8-4-2-3-6-7(11)5-9(12)14-10(6)8/h2-5H,11H2,1H3. The molecule has 2 aromatic rings. The van der Waals surface area contributed by atoms with Crippen LogP contribution in [0.1, 0.15) is 0 Å². The molecule has 1 aromatic carbocycles. The Labute approximate surface area is 79.9 Å². The van der Waals surface area contributed by atoms with Gasteiger partial charge in [-0.15, -0.1) is 0 Å². The van der Waals surface area contributed by atoms with Crippen LogP contribution in [-0.2, 0) is 0 Å². The van der Waals surface area contributed by atoms with Crippen LogP contribution in [0.2, 0.25) is 0 Å². The van der Waals surface area contributed by atoms with Crippen LogP contribution in [0, 0.1) is 0 Å². The molecule has 0 saturated heterocycles. The molecule has 1 aromatic heterocycles. The maximum Gasteiger partial charge on any atom is 0.338 e. The average molecular weight is 191 g/mol. The summed E-state index contributed by atoms with van der Waals surface area (Å²) < 4.78 is 10.1. The molecular weight excluding hydrogens is 182 g/mol. The second-order valence-electron chi connectivity index (χ2n) is 2.86. The minimum atomic E-state index is -0.473. The molecule has 0 amide bonds. The molecule has 0 bridgehead atoms. The van der Waals surface area contributed by atoms with Gasteiger partial charge >= 0.3 is 5.63 Å². The Hall–Kier alpha value is -1.97. The molecule has 0 unspecified atom stereocenters. The van der Waals surface area contributed by atoms with Crippen molar-refractivity contribution in [3.63, 3.8) is 0 Å². The summed E-state index contributed by atoms with van der Waals surface area (Å²) in [6.07, 6.45) is 0. The van der Waals surface area contributed by atoms with E-state index in [1.807, 2.05) is 0 Å².